The normalized spacial score (nSPS) is 13.5. The van der Waals surface area contributed by atoms with E-state index in [9.17, 15) is 10.2 Å². The van der Waals surface area contributed by atoms with Crippen molar-refractivity contribution in [2.45, 2.75) is 39.0 Å². The lowest BCUT2D eigenvalue weighted by Crippen LogP contribution is -2.38. The first-order valence-corrected chi connectivity index (χ1v) is 8.00. The van der Waals surface area contributed by atoms with E-state index >= 15 is 0 Å². The number of benzene rings is 2. The van der Waals surface area contributed by atoms with Crippen LogP contribution in [0.1, 0.15) is 25.0 Å². The molecule has 0 heterocycles. The minimum absolute atomic E-state index is 0.0923. The molecule has 2 aromatic carbocycles. The highest BCUT2D eigenvalue weighted by molar-refractivity contribution is 5.45. The Balaban J connectivity index is 1.91. The summed E-state index contributed by atoms with van der Waals surface area (Å²) in [6, 6.07) is 15.3. The van der Waals surface area contributed by atoms with Crippen molar-refractivity contribution in [3.05, 3.63) is 59.7 Å². The van der Waals surface area contributed by atoms with Gasteiger partial charge in [-0.25, -0.2) is 0 Å². The first kappa shape index (κ1) is 17.3. The molecule has 4 heteroatoms. The molecule has 0 amide bonds. The van der Waals surface area contributed by atoms with Gasteiger partial charge in [0.1, 0.15) is 0 Å². The molecule has 2 unspecified atom stereocenters. The smallest absolute Gasteiger partial charge is 0.162 e. The summed E-state index contributed by atoms with van der Waals surface area (Å²) in [6.45, 7) is 4.81. The molecule has 0 fully saturated rings. The third-order valence-corrected chi connectivity index (χ3v) is 3.86. The summed E-state index contributed by atoms with van der Waals surface area (Å²) < 4.78 is 5.38. The number of para-hydroxylation sites is 1. The monoisotopic (exact) mass is 315 g/mol. The largest absolute Gasteiger partial charge is 0.504 e. The second kappa shape index (κ2) is 8.56. The molecule has 0 saturated heterocycles. The fourth-order valence-electron chi connectivity index (χ4n) is 2.42. The highest BCUT2D eigenvalue weighted by Crippen LogP contribution is 2.29. The summed E-state index contributed by atoms with van der Waals surface area (Å²) in [5, 5.41) is 23.8. The maximum Gasteiger partial charge on any atom is 0.162 e. The van der Waals surface area contributed by atoms with E-state index in [-0.39, 0.29) is 11.8 Å². The fraction of sp³-hybridized carbons (Fsp3) is 0.368. The van der Waals surface area contributed by atoms with Crippen LogP contribution in [-0.2, 0) is 13.0 Å². The SMILES string of the molecule is CCOc1cccc(CNC(C)C(O)Cc2ccccc2)c1O. The topological polar surface area (TPSA) is 61.7 Å². The third kappa shape index (κ3) is 4.98. The Morgan fingerprint density at radius 2 is 1.83 bits per heavy atom. The second-order valence-corrected chi connectivity index (χ2v) is 5.62. The van der Waals surface area contributed by atoms with Crippen molar-refractivity contribution in [1.29, 1.82) is 0 Å². The van der Waals surface area contributed by atoms with Crippen LogP contribution in [0.3, 0.4) is 0 Å². The molecule has 23 heavy (non-hydrogen) atoms. The zero-order valence-electron chi connectivity index (χ0n) is 13.7. The molecule has 0 saturated carbocycles. The van der Waals surface area contributed by atoms with Gasteiger partial charge in [0.15, 0.2) is 11.5 Å². The second-order valence-electron chi connectivity index (χ2n) is 5.62. The van der Waals surface area contributed by atoms with Crippen LogP contribution in [0.5, 0.6) is 11.5 Å². The van der Waals surface area contributed by atoms with Crippen LogP contribution >= 0.6 is 0 Å². The highest BCUT2D eigenvalue weighted by Gasteiger charge is 2.15. The molecule has 124 valence electrons. The molecule has 0 bridgehead atoms. The maximum atomic E-state index is 10.3. The Morgan fingerprint density at radius 1 is 1.09 bits per heavy atom. The van der Waals surface area contributed by atoms with Crippen molar-refractivity contribution < 1.29 is 14.9 Å². The molecule has 0 aliphatic heterocycles. The molecule has 0 aliphatic carbocycles. The van der Waals surface area contributed by atoms with Gasteiger partial charge in [-0.05, 0) is 31.9 Å². The number of aliphatic hydroxyl groups excluding tert-OH is 1. The first-order valence-electron chi connectivity index (χ1n) is 8.00. The van der Waals surface area contributed by atoms with Gasteiger partial charge in [0.2, 0.25) is 0 Å². The lowest BCUT2D eigenvalue weighted by atomic mass is 10.0. The van der Waals surface area contributed by atoms with Crippen LogP contribution in [0, 0.1) is 0 Å². The van der Waals surface area contributed by atoms with Gasteiger partial charge in [-0.15, -0.1) is 0 Å². The van der Waals surface area contributed by atoms with Gasteiger partial charge >= 0.3 is 0 Å². The Hall–Kier alpha value is -2.04. The fourth-order valence-corrected chi connectivity index (χ4v) is 2.42. The van der Waals surface area contributed by atoms with Gasteiger partial charge in [0.25, 0.3) is 0 Å². The number of phenolic OH excluding ortho intramolecular Hbond substituents is 1. The van der Waals surface area contributed by atoms with Crippen molar-refractivity contribution in [2.24, 2.45) is 0 Å². The van der Waals surface area contributed by atoms with E-state index in [0.29, 0.717) is 25.3 Å². The Bertz CT molecular complexity index is 601. The van der Waals surface area contributed by atoms with Crippen LogP contribution < -0.4 is 10.1 Å². The van der Waals surface area contributed by atoms with Crippen molar-refractivity contribution in [1.82, 2.24) is 5.32 Å². The number of aromatic hydroxyl groups is 1. The molecule has 0 spiro atoms. The van der Waals surface area contributed by atoms with E-state index in [4.69, 9.17) is 4.74 Å². The van der Waals surface area contributed by atoms with Crippen LogP contribution in [0.25, 0.3) is 0 Å². The summed E-state index contributed by atoms with van der Waals surface area (Å²) in [6.07, 6.45) is 0.106. The number of ether oxygens (including phenoxy) is 1. The molecule has 0 aromatic heterocycles. The summed E-state index contributed by atoms with van der Waals surface area (Å²) >= 11 is 0. The van der Waals surface area contributed by atoms with Crippen molar-refractivity contribution >= 4 is 0 Å². The lowest BCUT2D eigenvalue weighted by Gasteiger charge is -2.21. The van der Waals surface area contributed by atoms with Gasteiger partial charge in [-0.2, -0.15) is 0 Å². The number of rotatable bonds is 8. The number of hydrogen-bond donors (Lipinski definition) is 3. The van der Waals surface area contributed by atoms with E-state index in [1.54, 1.807) is 6.07 Å². The van der Waals surface area contributed by atoms with Gasteiger partial charge in [-0.3, -0.25) is 0 Å². The maximum absolute atomic E-state index is 10.3. The van der Waals surface area contributed by atoms with E-state index in [1.807, 2.05) is 56.3 Å². The van der Waals surface area contributed by atoms with E-state index < -0.39 is 6.10 Å². The highest BCUT2D eigenvalue weighted by atomic mass is 16.5. The van der Waals surface area contributed by atoms with Crippen LogP contribution in [0.2, 0.25) is 0 Å². The zero-order chi connectivity index (χ0) is 16.7. The number of nitrogens with one attached hydrogen (secondary N) is 1. The molecule has 2 aromatic rings. The molecule has 3 N–H and O–H groups in total. The Kier molecular flexibility index (Phi) is 6.44. The Labute approximate surface area is 137 Å². The number of aliphatic hydroxyl groups is 1. The van der Waals surface area contributed by atoms with E-state index in [2.05, 4.69) is 5.32 Å². The molecular weight excluding hydrogens is 290 g/mol. The van der Waals surface area contributed by atoms with Crippen LogP contribution in [0.4, 0.5) is 0 Å². The molecule has 2 rings (SSSR count). The Morgan fingerprint density at radius 3 is 2.52 bits per heavy atom. The quantitative estimate of drug-likeness (QED) is 0.701. The van der Waals surface area contributed by atoms with Crippen molar-refractivity contribution in [2.75, 3.05) is 6.61 Å². The molecular formula is C19H25NO3. The van der Waals surface area contributed by atoms with E-state index in [0.717, 1.165) is 11.1 Å². The van der Waals surface area contributed by atoms with Crippen LogP contribution in [-0.4, -0.2) is 29.0 Å². The van der Waals surface area contributed by atoms with Gasteiger partial charge in [-0.1, -0.05) is 42.5 Å². The lowest BCUT2D eigenvalue weighted by molar-refractivity contribution is 0.133. The molecule has 0 aliphatic rings. The first-order chi connectivity index (χ1) is 11.1. The van der Waals surface area contributed by atoms with Gasteiger partial charge < -0.3 is 20.3 Å². The molecule has 4 nitrogen and oxygen atoms in total. The minimum atomic E-state index is -0.491. The van der Waals surface area contributed by atoms with Crippen molar-refractivity contribution in [3.63, 3.8) is 0 Å². The summed E-state index contributed by atoms with van der Waals surface area (Å²) in [5.74, 6) is 0.649. The standard InChI is InChI=1S/C19H25NO3/c1-3-23-18-11-7-10-16(19(18)22)13-20-14(2)17(21)12-15-8-5-4-6-9-15/h4-11,14,17,20-22H,3,12-13H2,1-2H3. The summed E-state index contributed by atoms with van der Waals surface area (Å²) in [7, 11) is 0. The van der Waals surface area contributed by atoms with E-state index in [1.165, 1.54) is 0 Å². The van der Waals surface area contributed by atoms with Crippen molar-refractivity contribution in [3.8, 4) is 11.5 Å². The average Bonchev–Trinajstić information content (AvgIpc) is 2.56. The van der Waals surface area contributed by atoms with Gasteiger partial charge in [0.05, 0.1) is 12.7 Å². The summed E-state index contributed by atoms with van der Waals surface area (Å²) in [4.78, 5) is 0. The molecule has 2 atom stereocenters. The predicted molar refractivity (Wildman–Crippen MR) is 91.7 cm³/mol. The third-order valence-electron chi connectivity index (χ3n) is 3.86. The number of hydrogen-bond acceptors (Lipinski definition) is 4. The average molecular weight is 315 g/mol. The predicted octanol–water partition coefficient (Wildman–Crippen LogP) is 2.87. The van der Waals surface area contributed by atoms with Crippen LogP contribution in [0.15, 0.2) is 48.5 Å². The summed E-state index contributed by atoms with van der Waals surface area (Å²) in [5.41, 5.74) is 1.87. The number of phenols is 1. The molecule has 0 radical (unpaired) electrons. The zero-order valence-corrected chi connectivity index (χ0v) is 13.7. The minimum Gasteiger partial charge on any atom is -0.504 e. The van der Waals surface area contributed by atoms with Gasteiger partial charge in [0, 0.05) is 18.2 Å².